The highest BCUT2D eigenvalue weighted by Gasteiger charge is 2.41. The van der Waals surface area contributed by atoms with Crippen LogP contribution in [-0.2, 0) is 14.9 Å². The summed E-state index contributed by atoms with van der Waals surface area (Å²) < 4.78 is 5.83. The first-order chi connectivity index (χ1) is 9.43. The average molecular weight is 276 g/mol. The van der Waals surface area contributed by atoms with Gasteiger partial charge in [-0.15, -0.1) is 0 Å². The molecular weight excluding hydrogens is 252 g/mol. The molecule has 20 heavy (non-hydrogen) atoms. The van der Waals surface area contributed by atoms with Crippen LogP contribution in [0.25, 0.3) is 0 Å². The van der Waals surface area contributed by atoms with Gasteiger partial charge in [0.25, 0.3) is 0 Å². The van der Waals surface area contributed by atoms with E-state index in [0.717, 1.165) is 18.4 Å². The quantitative estimate of drug-likeness (QED) is 0.915. The van der Waals surface area contributed by atoms with E-state index in [1.807, 2.05) is 0 Å². The molecule has 2 atom stereocenters. The molecule has 0 spiro atoms. The number of benzene rings is 1. The van der Waals surface area contributed by atoms with Crippen LogP contribution in [0.15, 0.2) is 24.3 Å². The van der Waals surface area contributed by atoms with E-state index in [1.54, 1.807) is 0 Å². The maximum atomic E-state index is 11.3. The Hall–Kier alpha value is -1.35. The minimum absolute atomic E-state index is 0.143. The number of carboxylic acid groups (broad SMARTS) is 1. The number of carboxylic acids is 1. The Kier molecular flexibility index (Phi) is 4.48. The van der Waals surface area contributed by atoms with E-state index >= 15 is 0 Å². The van der Waals surface area contributed by atoms with Gasteiger partial charge in [-0.3, -0.25) is 4.79 Å². The standard InChI is InChI=1S/C17H24O3/c1-12(2)15-10-17(8-9-20-15,11-16(18)19)14-6-4-13(3)5-7-14/h4-7,12,15H,8-11H2,1-3H3,(H,18,19)/t15-,17-/m0/s1. The summed E-state index contributed by atoms with van der Waals surface area (Å²) in [6.07, 6.45) is 1.90. The van der Waals surface area contributed by atoms with Crippen LogP contribution in [0.4, 0.5) is 0 Å². The molecule has 1 N–H and O–H groups in total. The molecule has 2 rings (SSSR count). The van der Waals surface area contributed by atoms with E-state index in [9.17, 15) is 9.90 Å². The fourth-order valence-corrected chi connectivity index (χ4v) is 3.10. The summed E-state index contributed by atoms with van der Waals surface area (Å²) in [5.74, 6) is -0.316. The zero-order chi connectivity index (χ0) is 14.8. The normalized spacial score (nSPS) is 26.7. The van der Waals surface area contributed by atoms with Crippen molar-refractivity contribution in [2.75, 3.05) is 6.61 Å². The SMILES string of the molecule is Cc1ccc([C@@]2(CC(=O)O)CCO[C@H](C(C)C)C2)cc1. The molecule has 1 aliphatic heterocycles. The summed E-state index contributed by atoms with van der Waals surface area (Å²) in [7, 11) is 0. The van der Waals surface area contributed by atoms with Crippen LogP contribution in [0.2, 0.25) is 0 Å². The van der Waals surface area contributed by atoms with E-state index in [2.05, 4.69) is 45.0 Å². The Morgan fingerprint density at radius 3 is 2.60 bits per heavy atom. The van der Waals surface area contributed by atoms with Crippen molar-refractivity contribution < 1.29 is 14.6 Å². The molecule has 0 amide bonds. The maximum absolute atomic E-state index is 11.3. The second kappa shape index (κ2) is 5.96. The fraction of sp³-hybridized carbons (Fsp3) is 0.588. The number of aryl methyl sites for hydroxylation is 1. The van der Waals surface area contributed by atoms with Gasteiger partial charge >= 0.3 is 5.97 Å². The van der Waals surface area contributed by atoms with Gasteiger partial charge in [-0.25, -0.2) is 0 Å². The molecule has 1 aromatic carbocycles. The summed E-state index contributed by atoms with van der Waals surface area (Å²) in [6.45, 7) is 6.96. The zero-order valence-electron chi connectivity index (χ0n) is 12.6. The van der Waals surface area contributed by atoms with Crippen LogP contribution < -0.4 is 0 Å². The number of aliphatic carboxylic acids is 1. The Morgan fingerprint density at radius 2 is 2.05 bits per heavy atom. The van der Waals surface area contributed by atoms with Crippen LogP contribution in [0.3, 0.4) is 0 Å². The molecular formula is C17H24O3. The molecule has 0 saturated carbocycles. The molecule has 0 aromatic heterocycles. The van der Waals surface area contributed by atoms with E-state index in [4.69, 9.17) is 4.74 Å². The van der Waals surface area contributed by atoms with Gasteiger partial charge < -0.3 is 9.84 Å². The van der Waals surface area contributed by atoms with Gasteiger partial charge in [-0.2, -0.15) is 0 Å². The highest BCUT2D eigenvalue weighted by Crippen LogP contribution is 2.41. The van der Waals surface area contributed by atoms with Crippen molar-refractivity contribution in [2.45, 2.75) is 51.6 Å². The van der Waals surface area contributed by atoms with Crippen molar-refractivity contribution in [1.82, 2.24) is 0 Å². The monoisotopic (exact) mass is 276 g/mol. The Bertz CT molecular complexity index is 464. The fourth-order valence-electron chi connectivity index (χ4n) is 3.10. The molecule has 0 radical (unpaired) electrons. The second-order valence-electron chi connectivity index (χ2n) is 6.32. The van der Waals surface area contributed by atoms with Gasteiger partial charge in [-0.1, -0.05) is 43.7 Å². The lowest BCUT2D eigenvalue weighted by atomic mass is 9.68. The van der Waals surface area contributed by atoms with E-state index in [0.29, 0.717) is 12.5 Å². The lowest BCUT2D eigenvalue weighted by Crippen LogP contribution is -2.42. The van der Waals surface area contributed by atoms with Crippen molar-refractivity contribution in [3.8, 4) is 0 Å². The summed E-state index contributed by atoms with van der Waals surface area (Å²) in [5.41, 5.74) is 2.05. The molecule has 110 valence electrons. The number of hydrogen-bond donors (Lipinski definition) is 1. The van der Waals surface area contributed by atoms with Crippen LogP contribution in [0, 0.1) is 12.8 Å². The van der Waals surface area contributed by atoms with Gasteiger partial charge in [0.1, 0.15) is 0 Å². The predicted molar refractivity (Wildman–Crippen MR) is 78.9 cm³/mol. The number of ether oxygens (including phenoxy) is 1. The maximum Gasteiger partial charge on any atom is 0.304 e. The molecule has 3 heteroatoms. The van der Waals surface area contributed by atoms with Crippen LogP contribution in [-0.4, -0.2) is 23.8 Å². The lowest BCUT2D eigenvalue weighted by molar-refractivity contribution is -0.140. The largest absolute Gasteiger partial charge is 0.481 e. The van der Waals surface area contributed by atoms with Crippen LogP contribution in [0.1, 0.15) is 44.2 Å². The first kappa shape index (κ1) is 15.0. The Balaban J connectivity index is 2.34. The molecule has 0 unspecified atom stereocenters. The smallest absolute Gasteiger partial charge is 0.304 e. The number of carbonyl (C=O) groups is 1. The summed E-state index contributed by atoms with van der Waals surface area (Å²) in [6, 6.07) is 8.31. The average Bonchev–Trinajstić information content (AvgIpc) is 2.38. The molecule has 1 heterocycles. The molecule has 1 aliphatic rings. The molecule has 1 aromatic rings. The summed E-state index contributed by atoms with van der Waals surface area (Å²) >= 11 is 0. The van der Waals surface area contributed by atoms with E-state index < -0.39 is 5.97 Å². The minimum Gasteiger partial charge on any atom is -0.481 e. The van der Waals surface area contributed by atoms with Crippen molar-refractivity contribution in [2.24, 2.45) is 5.92 Å². The van der Waals surface area contributed by atoms with Crippen LogP contribution >= 0.6 is 0 Å². The molecule has 0 aliphatic carbocycles. The third-order valence-corrected chi connectivity index (χ3v) is 4.40. The molecule has 3 nitrogen and oxygen atoms in total. The Morgan fingerprint density at radius 1 is 1.40 bits per heavy atom. The predicted octanol–water partition coefficient (Wildman–Crippen LogP) is 3.54. The van der Waals surface area contributed by atoms with Crippen molar-refractivity contribution in [3.63, 3.8) is 0 Å². The van der Waals surface area contributed by atoms with Crippen molar-refractivity contribution in [3.05, 3.63) is 35.4 Å². The lowest BCUT2D eigenvalue weighted by Gasteiger charge is -2.42. The molecule has 1 saturated heterocycles. The first-order valence-electron chi connectivity index (χ1n) is 7.33. The summed E-state index contributed by atoms with van der Waals surface area (Å²) in [5, 5.41) is 9.33. The van der Waals surface area contributed by atoms with Gasteiger partial charge in [0, 0.05) is 12.0 Å². The molecule has 1 fully saturated rings. The van der Waals surface area contributed by atoms with Gasteiger partial charge in [0.2, 0.25) is 0 Å². The van der Waals surface area contributed by atoms with Crippen molar-refractivity contribution >= 4 is 5.97 Å². The highest BCUT2D eigenvalue weighted by atomic mass is 16.5. The van der Waals surface area contributed by atoms with Gasteiger partial charge in [0.15, 0.2) is 0 Å². The highest BCUT2D eigenvalue weighted by molar-refractivity contribution is 5.69. The van der Waals surface area contributed by atoms with E-state index in [-0.39, 0.29) is 17.9 Å². The summed E-state index contributed by atoms with van der Waals surface area (Å²) in [4.78, 5) is 11.3. The van der Waals surface area contributed by atoms with Crippen LogP contribution in [0.5, 0.6) is 0 Å². The van der Waals surface area contributed by atoms with E-state index in [1.165, 1.54) is 5.56 Å². The zero-order valence-corrected chi connectivity index (χ0v) is 12.6. The minimum atomic E-state index is -0.727. The number of rotatable bonds is 4. The third kappa shape index (κ3) is 3.21. The third-order valence-electron chi connectivity index (χ3n) is 4.40. The first-order valence-corrected chi connectivity index (χ1v) is 7.33. The van der Waals surface area contributed by atoms with Gasteiger partial charge in [0.05, 0.1) is 12.5 Å². The van der Waals surface area contributed by atoms with Gasteiger partial charge in [-0.05, 0) is 31.2 Å². The number of hydrogen-bond acceptors (Lipinski definition) is 2. The van der Waals surface area contributed by atoms with Crippen molar-refractivity contribution in [1.29, 1.82) is 0 Å². The topological polar surface area (TPSA) is 46.5 Å². The second-order valence-corrected chi connectivity index (χ2v) is 6.32. The molecule has 0 bridgehead atoms. The Labute approximate surface area is 121 Å².